The molecule has 0 spiro atoms. The summed E-state index contributed by atoms with van der Waals surface area (Å²) in [4.78, 5) is 0. The highest BCUT2D eigenvalue weighted by Gasteiger charge is 2.26. The summed E-state index contributed by atoms with van der Waals surface area (Å²) in [5.41, 5.74) is 2.01. The first-order valence-corrected chi connectivity index (χ1v) is 6.72. The summed E-state index contributed by atoms with van der Waals surface area (Å²) in [6.07, 6.45) is 1.28. The van der Waals surface area contributed by atoms with Gasteiger partial charge in [-0.3, -0.25) is 0 Å². The number of hydrogen-bond acceptors (Lipinski definition) is 3. The fourth-order valence-electron chi connectivity index (χ4n) is 1.62. The van der Waals surface area contributed by atoms with E-state index in [1.807, 2.05) is 24.3 Å². The van der Waals surface area contributed by atoms with Gasteiger partial charge in [0.15, 0.2) is 0 Å². The van der Waals surface area contributed by atoms with Gasteiger partial charge in [0.25, 0.3) is 9.05 Å². The molecule has 5 heteroatoms. The van der Waals surface area contributed by atoms with E-state index in [4.69, 9.17) is 10.7 Å². The molecule has 1 aromatic carbocycles. The third-order valence-corrected chi connectivity index (χ3v) is 4.03. The van der Waals surface area contributed by atoms with Crippen LogP contribution < -0.4 is 5.32 Å². The minimum absolute atomic E-state index is 0.531. The van der Waals surface area contributed by atoms with Crippen LogP contribution >= 0.6 is 10.7 Å². The van der Waals surface area contributed by atoms with Crippen LogP contribution in [0.5, 0.6) is 0 Å². The van der Waals surface area contributed by atoms with E-state index in [0.29, 0.717) is 6.42 Å². The largest absolute Gasteiger partial charge is 0.368 e. The smallest absolute Gasteiger partial charge is 0.253 e. The Hall–Kier alpha value is -0.740. The summed E-state index contributed by atoms with van der Waals surface area (Å²) < 4.78 is 22.2. The monoisotopic (exact) mass is 231 g/mol. The lowest BCUT2D eigenvalue weighted by Crippen LogP contribution is -2.30. The first-order valence-electron chi connectivity index (χ1n) is 4.35. The Morgan fingerprint density at radius 2 is 2.07 bits per heavy atom. The molecule has 0 radical (unpaired) electrons. The molecule has 2 rings (SSSR count). The van der Waals surface area contributed by atoms with Crippen LogP contribution in [0, 0.1) is 0 Å². The summed E-state index contributed by atoms with van der Waals surface area (Å²) in [5, 5.41) is 2.26. The van der Waals surface area contributed by atoms with Crippen LogP contribution in [-0.4, -0.2) is 13.8 Å². The van der Waals surface area contributed by atoms with E-state index in [0.717, 1.165) is 17.7 Å². The molecule has 1 heterocycles. The Balaban J connectivity index is 2.30. The van der Waals surface area contributed by atoms with Crippen molar-refractivity contribution < 1.29 is 8.42 Å². The predicted octanol–water partition coefficient (Wildman–Crippen LogP) is 1.94. The second-order valence-corrected chi connectivity index (χ2v) is 6.11. The van der Waals surface area contributed by atoms with Crippen LogP contribution in [0.2, 0.25) is 0 Å². The van der Waals surface area contributed by atoms with Gasteiger partial charge in [-0.1, -0.05) is 18.2 Å². The Labute approximate surface area is 87.5 Å². The Bertz CT molecular complexity index is 444. The molecule has 1 N–H and O–H groups in total. The van der Waals surface area contributed by atoms with E-state index in [1.54, 1.807) is 0 Å². The molecule has 1 aromatic rings. The lowest BCUT2D eigenvalue weighted by atomic mass is 10.0. The standard InChI is InChI=1S/C9H10ClNO2S/c10-14(12,13)9-6-5-7-3-1-2-4-8(7)11-9/h1-4,9,11H,5-6H2. The van der Waals surface area contributed by atoms with Crippen LogP contribution in [0.25, 0.3) is 0 Å². The van der Waals surface area contributed by atoms with Crippen molar-refractivity contribution in [2.24, 2.45) is 0 Å². The summed E-state index contributed by atoms with van der Waals surface area (Å²) in [6.45, 7) is 0. The number of fused-ring (bicyclic) bond motifs is 1. The van der Waals surface area contributed by atoms with E-state index < -0.39 is 14.4 Å². The van der Waals surface area contributed by atoms with Gasteiger partial charge in [0.2, 0.25) is 0 Å². The Kier molecular flexibility index (Phi) is 2.41. The van der Waals surface area contributed by atoms with Gasteiger partial charge in [-0.05, 0) is 24.5 Å². The molecule has 3 nitrogen and oxygen atoms in total. The maximum atomic E-state index is 11.1. The van der Waals surface area contributed by atoms with E-state index in [1.165, 1.54) is 0 Å². The third-order valence-electron chi connectivity index (χ3n) is 2.35. The van der Waals surface area contributed by atoms with Crippen LogP contribution in [0.3, 0.4) is 0 Å². The van der Waals surface area contributed by atoms with Gasteiger partial charge in [-0.25, -0.2) is 8.42 Å². The lowest BCUT2D eigenvalue weighted by Gasteiger charge is -2.24. The van der Waals surface area contributed by atoms with Crippen molar-refractivity contribution >= 4 is 25.4 Å². The molecule has 0 aliphatic carbocycles. The lowest BCUT2D eigenvalue weighted by molar-refractivity contribution is 0.591. The van der Waals surface area contributed by atoms with Gasteiger partial charge in [-0.15, -0.1) is 0 Å². The number of nitrogens with one attached hydrogen (secondary N) is 1. The average molecular weight is 232 g/mol. The van der Waals surface area contributed by atoms with Crippen molar-refractivity contribution in [3.05, 3.63) is 29.8 Å². The van der Waals surface area contributed by atoms with Crippen molar-refractivity contribution in [2.45, 2.75) is 18.2 Å². The average Bonchev–Trinajstić information content (AvgIpc) is 2.16. The molecule has 0 amide bonds. The highest BCUT2D eigenvalue weighted by atomic mass is 35.7. The number of hydrogen-bond donors (Lipinski definition) is 1. The zero-order valence-corrected chi connectivity index (χ0v) is 8.98. The second kappa shape index (κ2) is 3.44. The van der Waals surface area contributed by atoms with Crippen molar-refractivity contribution in [3.8, 4) is 0 Å². The second-order valence-electron chi connectivity index (χ2n) is 3.30. The maximum Gasteiger partial charge on any atom is 0.253 e. The molecule has 1 aliphatic rings. The molecule has 76 valence electrons. The highest BCUT2D eigenvalue weighted by Crippen LogP contribution is 2.27. The molecule has 1 atom stereocenters. The highest BCUT2D eigenvalue weighted by molar-refractivity contribution is 8.14. The minimum Gasteiger partial charge on any atom is -0.368 e. The summed E-state index contributed by atoms with van der Waals surface area (Å²) >= 11 is 0. The number of anilines is 1. The molecular weight excluding hydrogens is 222 g/mol. The van der Waals surface area contributed by atoms with Gasteiger partial charge in [-0.2, -0.15) is 0 Å². The van der Waals surface area contributed by atoms with E-state index >= 15 is 0 Å². The number of aryl methyl sites for hydroxylation is 1. The van der Waals surface area contributed by atoms with E-state index in [-0.39, 0.29) is 0 Å². The molecule has 1 unspecified atom stereocenters. The number of rotatable bonds is 1. The normalized spacial score (nSPS) is 21.1. The van der Waals surface area contributed by atoms with Crippen LogP contribution in [-0.2, 0) is 15.5 Å². The molecule has 1 aliphatic heterocycles. The van der Waals surface area contributed by atoms with Gasteiger partial charge >= 0.3 is 0 Å². The molecule has 14 heavy (non-hydrogen) atoms. The Morgan fingerprint density at radius 3 is 2.79 bits per heavy atom. The predicted molar refractivity (Wildman–Crippen MR) is 56.9 cm³/mol. The first kappa shape index (κ1) is 9.80. The first-order chi connectivity index (χ1) is 6.57. The fourth-order valence-corrected chi connectivity index (χ4v) is 2.69. The van der Waals surface area contributed by atoms with Crippen molar-refractivity contribution in [1.29, 1.82) is 0 Å². The zero-order chi connectivity index (χ0) is 10.2. The quantitative estimate of drug-likeness (QED) is 0.752. The third kappa shape index (κ3) is 1.86. The van der Waals surface area contributed by atoms with Gasteiger partial charge in [0, 0.05) is 16.4 Å². The fraction of sp³-hybridized carbons (Fsp3) is 0.333. The maximum absolute atomic E-state index is 11.1. The molecular formula is C9H10ClNO2S. The van der Waals surface area contributed by atoms with Crippen molar-refractivity contribution in [3.63, 3.8) is 0 Å². The number of benzene rings is 1. The van der Waals surface area contributed by atoms with Crippen LogP contribution in [0.15, 0.2) is 24.3 Å². The molecule has 0 saturated carbocycles. The van der Waals surface area contributed by atoms with Gasteiger partial charge < -0.3 is 5.32 Å². The molecule has 0 fully saturated rings. The van der Waals surface area contributed by atoms with Crippen molar-refractivity contribution in [2.75, 3.05) is 5.32 Å². The molecule has 0 aromatic heterocycles. The van der Waals surface area contributed by atoms with Gasteiger partial charge in [0.05, 0.1) is 0 Å². The summed E-state index contributed by atoms with van der Waals surface area (Å²) in [5.74, 6) is 0. The van der Waals surface area contributed by atoms with E-state index in [2.05, 4.69) is 5.32 Å². The SMILES string of the molecule is O=S(=O)(Cl)C1CCc2ccccc2N1. The Morgan fingerprint density at radius 1 is 1.36 bits per heavy atom. The van der Waals surface area contributed by atoms with Gasteiger partial charge in [0.1, 0.15) is 5.37 Å². The van der Waals surface area contributed by atoms with E-state index in [9.17, 15) is 8.42 Å². The molecule has 0 bridgehead atoms. The molecule has 0 saturated heterocycles. The topological polar surface area (TPSA) is 46.2 Å². The van der Waals surface area contributed by atoms with Crippen LogP contribution in [0.4, 0.5) is 5.69 Å². The summed E-state index contributed by atoms with van der Waals surface area (Å²) in [6, 6.07) is 7.66. The summed E-state index contributed by atoms with van der Waals surface area (Å²) in [7, 11) is 1.78. The van der Waals surface area contributed by atoms with Crippen LogP contribution in [0.1, 0.15) is 12.0 Å². The zero-order valence-electron chi connectivity index (χ0n) is 7.40. The number of para-hydroxylation sites is 1. The number of halogens is 1. The minimum atomic E-state index is -3.51. The van der Waals surface area contributed by atoms with Crippen molar-refractivity contribution in [1.82, 2.24) is 0 Å².